The van der Waals surface area contributed by atoms with Crippen LogP contribution < -0.4 is 18.9 Å². The van der Waals surface area contributed by atoms with Crippen LogP contribution in [0.15, 0.2) is 36.4 Å². The molecule has 2 aromatic carbocycles. The zero-order valence-electron chi connectivity index (χ0n) is 21.2. The van der Waals surface area contributed by atoms with E-state index in [4.69, 9.17) is 29.2 Å². The van der Waals surface area contributed by atoms with Crippen molar-refractivity contribution in [1.82, 2.24) is 0 Å². The van der Waals surface area contributed by atoms with Crippen LogP contribution in [0.3, 0.4) is 0 Å². The maximum atomic E-state index is 12.7. The van der Waals surface area contributed by atoms with Crippen molar-refractivity contribution in [1.29, 1.82) is 0 Å². The molecule has 2 aromatic heterocycles. The molecule has 0 atom stereocenters. The molecule has 0 fully saturated rings. The normalized spacial score (nSPS) is 10.8. The lowest BCUT2D eigenvalue weighted by Gasteiger charge is -2.11. The summed E-state index contributed by atoms with van der Waals surface area (Å²) in [6.45, 7) is 0. The number of carbonyl (C=O) groups is 5. The zero-order valence-corrected chi connectivity index (χ0v) is 22.8. The maximum Gasteiger partial charge on any atom is 0.519 e. The molecule has 0 saturated carbocycles. The second-order valence-corrected chi connectivity index (χ2v) is 10.6. The number of carboxylic acids is 2. The van der Waals surface area contributed by atoms with Crippen molar-refractivity contribution in [3.63, 3.8) is 0 Å². The Hall–Kier alpha value is -4.49. The maximum absolute atomic E-state index is 12.7. The molecule has 4 rings (SSSR count). The number of benzene rings is 2. The van der Waals surface area contributed by atoms with Crippen molar-refractivity contribution in [3.8, 4) is 23.0 Å². The van der Waals surface area contributed by atoms with Gasteiger partial charge >= 0.3 is 18.1 Å². The first-order chi connectivity index (χ1) is 19.1. The predicted molar refractivity (Wildman–Crippen MR) is 146 cm³/mol. The Kier molecular flexibility index (Phi) is 8.65. The van der Waals surface area contributed by atoms with E-state index in [1.54, 1.807) is 24.3 Å². The summed E-state index contributed by atoms with van der Waals surface area (Å²) in [5, 5.41) is 19.0. The fraction of sp³-hybridized carbons (Fsp3) is 0.222. The molecule has 0 unspecified atom stereocenters. The topological polar surface area (TPSA) is 163 Å². The average Bonchev–Trinajstić information content (AvgIpc) is 3.52. The highest BCUT2D eigenvalue weighted by Crippen LogP contribution is 2.39. The van der Waals surface area contributed by atoms with Crippen molar-refractivity contribution in [2.45, 2.75) is 25.7 Å². The van der Waals surface area contributed by atoms with Crippen LogP contribution in [0.2, 0.25) is 0 Å². The Morgan fingerprint density at radius 3 is 1.35 bits per heavy atom. The van der Waals surface area contributed by atoms with Gasteiger partial charge in [-0.25, -0.2) is 4.79 Å². The van der Waals surface area contributed by atoms with Crippen molar-refractivity contribution >= 4 is 72.5 Å². The number of thiophene rings is 2. The van der Waals surface area contributed by atoms with Gasteiger partial charge in [0.2, 0.25) is 0 Å². The predicted octanol–water partition coefficient (Wildman–Crippen LogP) is 5.81. The van der Waals surface area contributed by atoms with Crippen LogP contribution >= 0.6 is 22.7 Å². The quantitative estimate of drug-likeness (QED) is 0.117. The van der Waals surface area contributed by atoms with Crippen LogP contribution in [0, 0.1) is 0 Å². The SMILES string of the molecule is COc1cc2cc(C(=O)CCC(=O)O)sc2cc1OC(=O)Oc1cc2sc(C(=O)CCC(=O)O)cc2cc1OC. The minimum atomic E-state index is -1.10. The third kappa shape index (κ3) is 6.55. The van der Waals surface area contributed by atoms with E-state index in [0.717, 1.165) is 22.7 Å². The monoisotopic (exact) mass is 586 g/mol. The third-order valence-corrected chi connectivity index (χ3v) is 7.95. The van der Waals surface area contributed by atoms with Crippen molar-refractivity contribution in [2.75, 3.05) is 14.2 Å². The Balaban J connectivity index is 1.54. The highest BCUT2D eigenvalue weighted by atomic mass is 32.1. The van der Waals surface area contributed by atoms with E-state index in [9.17, 15) is 24.0 Å². The number of ether oxygens (including phenoxy) is 4. The Morgan fingerprint density at radius 1 is 0.600 bits per heavy atom. The van der Waals surface area contributed by atoms with Crippen LogP contribution in [-0.4, -0.2) is 54.1 Å². The van der Waals surface area contributed by atoms with Gasteiger partial charge in [0.05, 0.1) is 36.8 Å². The van der Waals surface area contributed by atoms with Gasteiger partial charge in [0.15, 0.2) is 34.6 Å². The summed E-state index contributed by atoms with van der Waals surface area (Å²) in [5.41, 5.74) is 0. The minimum Gasteiger partial charge on any atom is -0.493 e. The first-order valence-corrected chi connectivity index (χ1v) is 13.3. The molecule has 208 valence electrons. The lowest BCUT2D eigenvalue weighted by molar-refractivity contribution is -0.137. The minimum absolute atomic E-state index is 0.0360. The zero-order chi connectivity index (χ0) is 29.0. The fourth-order valence-corrected chi connectivity index (χ4v) is 5.82. The van der Waals surface area contributed by atoms with Gasteiger partial charge in [-0.3, -0.25) is 19.2 Å². The molecular formula is C27H22O11S2. The van der Waals surface area contributed by atoms with E-state index in [-0.39, 0.29) is 60.2 Å². The first-order valence-electron chi connectivity index (χ1n) is 11.7. The number of aliphatic carboxylic acids is 2. The first kappa shape index (κ1) is 28.5. The molecule has 40 heavy (non-hydrogen) atoms. The van der Waals surface area contributed by atoms with Gasteiger partial charge in [-0.15, -0.1) is 22.7 Å². The van der Waals surface area contributed by atoms with Gasteiger partial charge in [0, 0.05) is 34.4 Å². The molecule has 0 spiro atoms. The molecule has 0 aliphatic heterocycles. The largest absolute Gasteiger partial charge is 0.519 e. The Labute approximate surface area is 234 Å². The second-order valence-electron chi connectivity index (χ2n) is 8.39. The van der Waals surface area contributed by atoms with Gasteiger partial charge in [-0.1, -0.05) is 0 Å². The lowest BCUT2D eigenvalue weighted by Crippen LogP contribution is -2.14. The van der Waals surface area contributed by atoms with E-state index in [2.05, 4.69) is 0 Å². The number of carboxylic acid groups (broad SMARTS) is 2. The number of carbonyl (C=O) groups excluding carboxylic acids is 3. The second kappa shape index (κ2) is 12.1. The third-order valence-electron chi connectivity index (χ3n) is 5.67. The smallest absolute Gasteiger partial charge is 0.493 e. The fourth-order valence-electron chi connectivity index (χ4n) is 3.74. The summed E-state index contributed by atoms with van der Waals surface area (Å²) in [6.07, 6.45) is -1.93. The molecule has 0 aliphatic rings. The van der Waals surface area contributed by atoms with Gasteiger partial charge in [0.1, 0.15) is 0 Å². The molecule has 0 radical (unpaired) electrons. The Bertz CT molecular complexity index is 1530. The van der Waals surface area contributed by atoms with E-state index >= 15 is 0 Å². The van der Waals surface area contributed by atoms with E-state index < -0.39 is 18.1 Å². The van der Waals surface area contributed by atoms with Crippen LogP contribution in [0.1, 0.15) is 45.0 Å². The summed E-state index contributed by atoms with van der Waals surface area (Å²) in [6, 6.07) is 9.45. The van der Waals surface area contributed by atoms with Crippen molar-refractivity contribution in [2.24, 2.45) is 0 Å². The number of methoxy groups -OCH3 is 2. The van der Waals surface area contributed by atoms with Crippen LogP contribution in [0.25, 0.3) is 20.2 Å². The van der Waals surface area contributed by atoms with Gasteiger partial charge in [-0.05, 0) is 35.0 Å². The van der Waals surface area contributed by atoms with Crippen molar-refractivity contribution < 1.29 is 53.1 Å². The van der Waals surface area contributed by atoms with Crippen LogP contribution in [0.5, 0.6) is 23.0 Å². The number of fused-ring (bicyclic) bond motifs is 2. The molecule has 2 N–H and O–H groups in total. The molecule has 0 saturated heterocycles. The molecule has 4 aromatic rings. The lowest BCUT2D eigenvalue weighted by atomic mass is 10.1. The molecule has 2 heterocycles. The highest BCUT2D eigenvalue weighted by molar-refractivity contribution is 7.21. The van der Waals surface area contributed by atoms with Gasteiger partial charge in [-0.2, -0.15) is 0 Å². The summed E-state index contributed by atoms with van der Waals surface area (Å²) in [7, 11) is 2.77. The number of Topliss-reactive ketones (excluding diaryl/α,β-unsaturated/α-hetero) is 2. The summed E-state index contributed by atoms with van der Waals surface area (Å²) in [4.78, 5) is 59.7. The number of ketones is 2. The number of hydrogen-bond donors (Lipinski definition) is 2. The van der Waals surface area contributed by atoms with Crippen LogP contribution in [0.4, 0.5) is 4.79 Å². The summed E-state index contributed by atoms with van der Waals surface area (Å²) in [5.74, 6) is -2.27. The molecule has 13 heteroatoms. The number of hydrogen-bond acceptors (Lipinski definition) is 11. The van der Waals surface area contributed by atoms with Crippen molar-refractivity contribution in [3.05, 3.63) is 46.2 Å². The molecular weight excluding hydrogens is 564 g/mol. The molecule has 0 amide bonds. The van der Waals surface area contributed by atoms with Crippen LogP contribution in [-0.2, 0) is 9.59 Å². The molecule has 11 nitrogen and oxygen atoms in total. The van der Waals surface area contributed by atoms with E-state index in [1.165, 1.54) is 26.4 Å². The highest BCUT2D eigenvalue weighted by Gasteiger charge is 2.20. The summed E-state index contributed by atoms with van der Waals surface area (Å²) < 4.78 is 22.7. The van der Waals surface area contributed by atoms with Gasteiger partial charge in [0.25, 0.3) is 0 Å². The molecule has 0 bridgehead atoms. The standard InChI is InChI=1S/C27H22O11S2/c1-35-17-7-13-9-23(15(28)3-5-25(30)31)39-21(13)11-19(17)37-27(34)38-20-12-22-14(8-18(20)36-2)10-24(40-22)16(29)4-6-26(32)33/h7-12H,3-6H2,1-2H3,(H,30,31)(H,32,33). The molecule has 0 aliphatic carbocycles. The number of rotatable bonds is 12. The van der Waals surface area contributed by atoms with E-state index in [1.807, 2.05) is 0 Å². The average molecular weight is 587 g/mol. The van der Waals surface area contributed by atoms with Gasteiger partial charge < -0.3 is 29.2 Å². The summed E-state index contributed by atoms with van der Waals surface area (Å²) >= 11 is 2.26. The van der Waals surface area contributed by atoms with E-state index in [0.29, 0.717) is 29.9 Å². The Morgan fingerprint density at radius 2 is 1.00 bits per heavy atom.